The van der Waals surface area contributed by atoms with Crippen LogP contribution in [-0.2, 0) is 6.54 Å². The van der Waals surface area contributed by atoms with Gasteiger partial charge in [-0.3, -0.25) is 0 Å². The Bertz CT molecular complexity index is 875. The molecule has 0 amide bonds. The van der Waals surface area contributed by atoms with Crippen molar-refractivity contribution in [1.82, 2.24) is 4.98 Å². The van der Waals surface area contributed by atoms with E-state index in [0.717, 1.165) is 23.6 Å². The second-order valence-electron chi connectivity index (χ2n) is 6.84. The van der Waals surface area contributed by atoms with Gasteiger partial charge in [0, 0.05) is 12.0 Å². The van der Waals surface area contributed by atoms with E-state index in [2.05, 4.69) is 36.4 Å². The van der Waals surface area contributed by atoms with Crippen LogP contribution in [0, 0.1) is 0 Å². The molecule has 2 aromatic carbocycles. The molecule has 0 aliphatic carbocycles. The Balaban J connectivity index is 1.42. The summed E-state index contributed by atoms with van der Waals surface area (Å²) in [6.45, 7) is 2.55. The molecule has 1 fully saturated rings. The lowest BCUT2D eigenvalue weighted by molar-refractivity contribution is -0.950. The van der Waals surface area contributed by atoms with E-state index >= 15 is 0 Å². The first-order valence-electron chi connectivity index (χ1n) is 8.95. The van der Waals surface area contributed by atoms with Crippen molar-refractivity contribution in [3.8, 4) is 11.5 Å². The molecule has 5 rings (SSSR count). The minimum absolute atomic E-state index is 0.337. The summed E-state index contributed by atoms with van der Waals surface area (Å²) in [5.74, 6) is 1.74. The molecular weight excluding hydrogens is 332 g/mol. The summed E-state index contributed by atoms with van der Waals surface area (Å²) in [5.41, 5.74) is 2.45. The maximum Gasteiger partial charge on any atom is 0.231 e. The number of rotatable bonds is 3. The van der Waals surface area contributed by atoms with E-state index in [1.165, 1.54) is 41.1 Å². The predicted octanol–water partition coefficient (Wildman–Crippen LogP) is 3.34. The summed E-state index contributed by atoms with van der Waals surface area (Å²) in [7, 11) is 0. The van der Waals surface area contributed by atoms with Crippen LogP contribution in [0.5, 0.6) is 11.5 Å². The number of hydrogen-bond donors (Lipinski definition) is 1. The molecule has 0 spiro atoms. The first kappa shape index (κ1) is 15.2. The van der Waals surface area contributed by atoms with Crippen LogP contribution in [0.15, 0.2) is 42.5 Å². The number of para-hydroxylation sites is 1. The number of thiazole rings is 1. The molecule has 4 nitrogen and oxygen atoms in total. The van der Waals surface area contributed by atoms with Gasteiger partial charge >= 0.3 is 0 Å². The van der Waals surface area contributed by atoms with Crippen LogP contribution in [0.1, 0.15) is 35.9 Å². The molecular formula is C20H21N2O2S+. The van der Waals surface area contributed by atoms with Gasteiger partial charge in [-0.05, 0) is 43.2 Å². The number of nitrogens with one attached hydrogen (secondary N) is 1. The van der Waals surface area contributed by atoms with Crippen LogP contribution in [0.3, 0.4) is 0 Å². The van der Waals surface area contributed by atoms with Crippen LogP contribution < -0.4 is 14.4 Å². The lowest BCUT2D eigenvalue weighted by Crippen LogP contribution is -3.11. The van der Waals surface area contributed by atoms with Gasteiger partial charge in [0.1, 0.15) is 12.6 Å². The topological polar surface area (TPSA) is 35.8 Å². The zero-order valence-corrected chi connectivity index (χ0v) is 14.8. The molecule has 1 aromatic heterocycles. The second kappa shape index (κ2) is 6.32. The number of ether oxygens (including phenoxy) is 2. The van der Waals surface area contributed by atoms with Gasteiger partial charge in [0.2, 0.25) is 6.79 Å². The highest BCUT2D eigenvalue weighted by molar-refractivity contribution is 7.18. The van der Waals surface area contributed by atoms with Crippen LogP contribution in [0.4, 0.5) is 0 Å². The van der Waals surface area contributed by atoms with Crippen molar-refractivity contribution in [3.05, 3.63) is 53.0 Å². The standard InChI is InChI=1S/C20H20N2O2S/c1-2-7-19-15(5-1)21-20(25-19)16-6-3-4-10-22(16)12-14-8-9-17-18(11-14)24-13-23-17/h1-2,5,7-9,11,16H,3-4,6,10,12-13H2/p+1/t16-/m1/s1. The van der Waals surface area contributed by atoms with E-state index in [9.17, 15) is 0 Å². The van der Waals surface area contributed by atoms with E-state index in [-0.39, 0.29) is 0 Å². The Labute approximate surface area is 151 Å². The molecule has 0 bridgehead atoms. The fourth-order valence-corrected chi connectivity index (χ4v) is 5.10. The number of quaternary nitrogens is 1. The SMILES string of the molecule is c1ccc2sc([C@H]3CCCC[NH+]3Cc3ccc4c(c3)OCO4)nc2c1. The van der Waals surface area contributed by atoms with Crippen LogP contribution in [-0.4, -0.2) is 18.3 Å². The van der Waals surface area contributed by atoms with Gasteiger partial charge in [-0.25, -0.2) is 4.98 Å². The summed E-state index contributed by atoms with van der Waals surface area (Å²) in [5, 5.41) is 1.29. The number of hydrogen-bond acceptors (Lipinski definition) is 4. The average Bonchev–Trinajstić information content (AvgIpc) is 3.28. The molecule has 3 aromatic rings. The van der Waals surface area contributed by atoms with Gasteiger partial charge < -0.3 is 14.4 Å². The first-order chi connectivity index (χ1) is 12.4. The third kappa shape index (κ3) is 2.87. The lowest BCUT2D eigenvalue weighted by atomic mass is 10.0. The van der Waals surface area contributed by atoms with Gasteiger partial charge in [-0.1, -0.05) is 12.1 Å². The molecule has 2 aliphatic heterocycles. The van der Waals surface area contributed by atoms with Crippen molar-refractivity contribution >= 4 is 21.6 Å². The minimum atomic E-state index is 0.337. The zero-order valence-electron chi connectivity index (χ0n) is 14.0. The van der Waals surface area contributed by atoms with Crippen molar-refractivity contribution in [3.63, 3.8) is 0 Å². The summed E-state index contributed by atoms with van der Waals surface area (Å²) in [4.78, 5) is 6.55. The van der Waals surface area contributed by atoms with Gasteiger partial charge in [0.15, 0.2) is 16.5 Å². The second-order valence-corrected chi connectivity index (χ2v) is 7.90. The van der Waals surface area contributed by atoms with Crippen molar-refractivity contribution in [2.75, 3.05) is 13.3 Å². The van der Waals surface area contributed by atoms with Crippen molar-refractivity contribution in [2.24, 2.45) is 0 Å². The maximum atomic E-state index is 5.54. The summed E-state index contributed by atoms with van der Waals surface area (Å²) >= 11 is 1.86. The highest BCUT2D eigenvalue weighted by Crippen LogP contribution is 2.33. The largest absolute Gasteiger partial charge is 0.454 e. The summed E-state index contributed by atoms with van der Waals surface area (Å²) < 4.78 is 12.3. The maximum absolute atomic E-state index is 5.54. The fraction of sp³-hybridized carbons (Fsp3) is 0.350. The zero-order chi connectivity index (χ0) is 16.6. The number of piperidine rings is 1. The Morgan fingerprint density at radius 2 is 2.00 bits per heavy atom. The summed E-state index contributed by atoms with van der Waals surface area (Å²) in [6.07, 6.45) is 3.81. The highest BCUT2D eigenvalue weighted by Gasteiger charge is 2.30. The van der Waals surface area contributed by atoms with Gasteiger partial charge in [0.25, 0.3) is 0 Å². The predicted molar refractivity (Wildman–Crippen MR) is 98.3 cm³/mol. The molecule has 1 unspecified atom stereocenters. The molecule has 0 saturated carbocycles. The van der Waals surface area contributed by atoms with Gasteiger partial charge in [-0.15, -0.1) is 11.3 Å². The monoisotopic (exact) mass is 353 g/mol. The Kier molecular flexibility index (Phi) is 3.83. The summed E-state index contributed by atoms with van der Waals surface area (Å²) in [6, 6.07) is 15.3. The normalized spacial score (nSPS) is 22.4. The number of aromatic nitrogens is 1. The average molecular weight is 353 g/mol. The van der Waals surface area contributed by atoms with Crippen LogP contribution >= 0.6 is 11.3 Å². The quantitative estimate of drug-likeness (QED) is 0.784. The molecule has 0 radical (unpaired) electrons. The lowest BCUT2D eigenvalue weighted by Gasteiger charge is -2.31. The van der Waals surface area contributed by atoms with Crippen molar-refractivity contribution in [1.29, 1.82) is 0 Å². The van der Waals surface area contributed by atoms with Gasteiger partial charge in [-0.2, -0.15) is 0 Å². The Morgan fingerprint density at radius 1 is 1.08 bits per heavy atom. The molecule has 1 saturated heterocycles. The molecule has 3 heterocycles. The molecule has 2 atom stereocenters. The first-order valence-corrected chi connectivity index (χ1v) is 9.77. The van der Waals surface area contributed by atoms with Gasteiger partial charge in [0.05, 0.1) is 16.8 Å². The van der Waals surface area contributed by atoms with Crippen LogP contribution in [0.2, 0.25) is 0 Å². The van der Waals surface area contributed by atoms with E-state index in [4.69, 9.17) is 14.5 Å². The smallest absolute Gasteiger partial charge is 0.231 e. The third-order valence-corrected chi connectivity index (χ3v) is 6.36. The number of fused-ring (bicyclic) bond motifs is 2. The van der Waals surface area contributed by atoms with E-state index < -0.39 is 0 Å². The molecule has 5 heteroatoms. The van der Waals surface area contributed by atoms with Crippen molar-refractivity contribution < 1.29 is 14.4 Å². The molecule has 25 heavy (non-hydrogen) atoms. The Hall–Kier alpha value is -2.11. The number of nitrogens with zero attached hydrogens (tertiary/aromatic N) is 1. The van der Waals surface area contributed by atoms with E-state index in [1.807, 2.05) is 17.4 Å². The molecule has 128 valence electrons. The van der Waals surface area contributed by atoms with Crippen molar-refractivity contribution in [2.45, 2.75) is 31.8 Å². The van der Waals surface area contributed by atoms with Crippen LogP contribution in [0.25, 0.3) is 10.2 Å². The van der Waals surface area contributed by atoms with E-state index in [0.29, 0.717) is 12.8 Å². The highest BCUT2D eigenvalue weighted by atomic mass is 32.1. The fourth-order valence-electron chi connectivity index (χ4n) is 3.94. The number of likely N-dealkylation sites (tertiary alicyclic amines) is 1. The molecule has 2 aliphatic rings. The number of benzene rings is 2. The molecule has 1 N–H and O–H groups in total. The minimum Gasteiger partial charge on any atom is -0.454 e. The Morgan fingerprint density at radius 3 is 2.96 bits per heavy atom. The third-order valence-electron chi connectivity index (χ3n) is 5.21. The van der Waals surface area contributed by atoms with E-state index in [1.54, 1.807) is 4.90 Å².